The molecule has 1 aromatic rings. The molecule has 0 amide bonds. The Kier molecular flexibility index (Phi) is 4.37. The first-order valence-electron chi connectivity index (χ1n) is 6.26. The molecule has 1 aliphatic rings. The molecule has 0 aromatic heterocycles. The van der Waals surface area contributed by atoms with Gasteiger partial charge in [0.2, 0.25) is 0 Å². The van der Waals surface area contributed by atoms with Crippen molar-refractivity contribution < 1.29 is 4.74 Å². The normalized spacial score (nSPS) is 19.4. The number of hydrogen-bond donors (Lipinski definition) is 1. The molecule has 2 nitrogen and oxygen atoms in total. The van der Waals surface area contributed by atoms with Crippen molar-refractivity contribution >= 4 is 0 Å². The van der Waals surface area contributed by atoms with Gasteiger partial charge in [-0.2, -0.15) is 0 Å². The summed E-state index contributed by atoms with van der Waals surface area (Å²) in [5, 5.41) is 3.14. The molecule has 0 saturated heterocycles. The van der Waals surface area contributed by atoms with Crippen LogP contribution in [0.1, 0.15) is 36.5 Å². The number of nitrogens with one attached hydrogen (secondary N) is 1. The topological polar surface area (TPSA) is 21.3 Å². The SMILES string of the molecule is CNCCCOC1CCCc2ccccc21. The fourth-order valence-electron chi connectivity index (χ4n) is 2.36. The third kappa shape index (κ3) is 2.83. The van der Waals surface area contributed by atoms with Gasteiger partial charge < -0.3 is 10.1 Å². The van der Waals surface area contributed by atoms with Crippen LogP contribution in [0.2, 0.25) is 0 Å². The van der Waals surface area contributed by atoms with Gasteiger partial charge in [0.05, 0.1) is 6.10 Å². The van der Waals surface area contributed by atoms with E-state index in [-0.39, 0.29) is 0 Å². The van der Waals surface area contributed by atoms with Crippen LogP contribution in [0.25, 0.3) is 0 Å². The summed E-state index contributed by atoms with van der Waals surface area (Å²) < 4.78 is 5.97. The van der Waals surface area contributed by atoms with Gasteiger partial charge in [0.1, 0.15) is 0 Å². The average molecular weight is 219 g/mol. The highest BCUT2D eigenvalue weighted by molar-refractivity contribution is 5.31. The Labute approximate surface area is 98.0 Å². The van der Waals surface area contributed by atoms with E-state index in [1.807, 2.05) is 7.05 Å². The number of aryl methyl sites for hydroxylation is 1. The van der Waals surface area contributed by atoms with Crippen LogP contribution in [-0.4, -0.2) is 20.2 Å². The number of hydrogen-bond acceptors (Lipinski definition) is 2. The van der Waals surface area contributed by atoms with Crippen molar-refractivity contribution in [3.63, 3.8) is 0 Å². The van der Waals surface area contributed by atoms with Crippen LogP contribution < -0.4 is 5.32 Å². The van der Waals surface area contributed by atoms with Gasteiger partial charge in [0.15, 0.2) is 0 Å². The molecule has 1 aromatic carbocycles. The smallest absolute Gasteiger partial charge is 0.0827 e. The van der Waals surface area contributed by atoms with Gasteiger partial charge in [-0.3, -0.25) is 0 Å². The Morgan fingerprint density at radius 1 is 1.38 bits per heavy atom. The van der Waals surface area contributed by atoms with Crippen molar-refractivity contribution in [2.75, 3.05) is 20.2 Å². The van der Waals surface area contributed by atoms with Gasteiger partial charge in [0, 0.05) is 6.61 Å². The van der Waals surface area contributed by atoms with Gasteiger partial charge >= 0.3 is 0 Å². The van der Waals surface area contributed by atoms with E-state index >= 15 is 0 Å². The lowest BCUT2D eigenvalue weighted by atomic mass is 9.89. The minimum Gasteiger partial charge on any atom is -0.373 e. The molecule has 1 unspecified atom stereocenters. The zero-order valence-corrected chi connectivity index (χ0v) is 10.0. The molecule has 0 saturated carbocycles. The Balaban J connectivity index is 1.91. The number of benzene rings is 1. The Morgan fingerprint density at radius 2 is 2.25 bits per heavy atom. The summed E-state index contributed by atoms with van der Waals surface area (Å²) >= 11 is 0. The Bertz CT molecular complexity index is 324. The van der Waals surface area contributed by atoms with E-state index in [0.717, 1.165) is 19.6 Å². The predicted molar refractivity (Wildman–Crippen MR) is 66.6 cm³/mol. The zero-order valence-electron chi connectivity index (χ0n) is 10.0. The highest BCUT2D eigenvalue weighted by atomic mass is 16.5. The van der Waals surface area contributed by atoms with E-state index in [0.29, 0.717) is 6.10 Å². The standard InChI is InChI=1S/C14H21NO/c1-15-10-5-11-16-14-9-4-7-12-6-2-3-8-13(12)14/h2-3,6,8,14-15H,4-5,7,9-11H2,1H3. The second-order valence-electron chi connectivity index (χ2n) is 4.41. The molecule has 1 aliphatic carbocycles. The van der Waals surface area contributed by atoms with Gasteiger partial charge in [-0.15, -0.1) is 0 Å². The van der Waals surface area contributed by atoms with Gasteiger partial charge in [-0.05, 0) is 50.4 Å². The summed E-state index contributed by atoms with van der Waals surface area (Å²) in [5.74, 6) is 0. The monoisotopic (exact) mass is 219 g/mol. The maximum atomic E-state index is 5.97. The maximum absolute atomic E-state index is 5.97. The third-order valence-electron chi connectivity index (χ3n) is 3.20. The molecule has 0 aliphatic heterocycles. The van der Waals surface area contributed by atoms with Crippen molar-refractivity contribution in [3.05, 3.63) is 35.4 Å². The summed E-state index contributed by atoms with van der Waals surface area (Å²) in [6.07, 6.45) is 5.08. The first kappa shape index (κ1) is 11.6. The maximum Gasteiger partial charge on any atom is 0.0827 e. The average Bonchev–Trinajstić information content (AvgIpc) is 2.35. The quantitative estimate of drug-likeness (QED) is 0.769. The zero-order chi connectivity index (χ0) is 11.2. The molecule has 2 heteroatoms. The molecule has 0 fully saturated rings. The van der Waals surface area contributed by atoms with Crippen LogP contribution in [0, 0.1) is 0 Å². The molecular formula is C14H21NO. The van der Waals surface area contributed by atoms with E-state index in [2.05, 4.69) is 29.6 Å². The van der Waals surface area contributed by atoms with E-state index in [1.165, 1.54) is 30.4 Å². The van der Waals surface area contributed by atoms with Crippen LogP contribution in [0.5, 0.6) is 0 Å². The van der Waals surface area contributed by atoms with Crippen molar-refractivity contribution in [2.45, 2.75) is 31.8 Å². The fourth-order valence-corrected chi connectivity index (χ4v) is 2.36. The molecule has 88 valence electrons. The highest BCUT2D eigenvalue weighted by Gasteiger charge is 2.19. The molecule has 0 bridgehead atoms. The largest absolute Gasteiger partial charge is 0.373 e. The first-order valence-corrected chi connectivity index (χ1v) is 6.26. The summed E-state index contributed by atoms with van der Waals surface area (Å²) in [5.41, 5.74) is 2.89. The first-order chi connectivity index (χ1) is 7.92. The summed E-state index contributed by atoms with van der Waals surface area (Å²) in [4.78, 5) is 0. The van der Waals surface area contributed by atoms with Gasteiger partial charge in [0.25, 0.3) is 0 Å². The fraction of sp³-hybridized carbons (Fsp3) is 0.571. The predicted octanol–water partition coefficient (Wildman–Crippen LogP) is 2.69. The molecule has 1 atom stereocenters. The minimum absolute atomic E-state index is 0.335. The molecule has 16 heavy (non-hydrogen) atoms. The van der Waals surface area contributed by atoms with Crippen LogP contribution >= 0.6 is 0 Å². The molecule has 0 radical (unpaired) electrons. The lowest BCUT2D eigenvalue weighted by molar-refractivity contribution is 0.0395. The van der Waals surface area contributed by atoms with Crippen LogP contribution in [0.3, 0.4) is 0 Å². The summed E-state index contributed by atoms with van der Waals surface area (Å²) in [6, 6.07) is 8.70. The Hall–Kier alpha value is -0.860. The van der Waals surface area contributed by atoms with E-state index in [9.17, 15) is 0 Å². The van der Waals surface area contributed by atoms with Crippen molar-refractivity contribution in [2.24, 2.45) is 0 Å². The molecular weight excluding hydrogens is 198 g/mol. The molecule has 0 spiro atoms. The second kappa shape index (κ2) is 6.02. The van der Waals surface area contributed by atoms with Gasteiger partial charge in [-0.1, -0.05) is 24.3 Å². The van der Waals surface area contributed by atoms with Crippen molar-refractivity contribution in [3.8, 4) is 0 Å². The third-order valence-corrected chi connectivity index (χ3v) is 3.20. The molecule has 1 N–H and O–H groups in total. The van der Waals surface area contributed by atoms with Crippen LogP contribution in [0.15, 0.2) is 24.3 Å². The summed E-state index contributed by atoms with van der Waals surface area (Å²) in [7, 11) is 1.98. The lowest BCUT2D eigenvalue weighted by Crippen LogP contribution is -2.16. The number of rotatable bonds is 5. The van der Waals surface area contributed by atoms with E-state index < -0.39 is 0 Å². The minimum atomic E-state index is 0.335. The number of ether oxygens (including phenoxy) is 1. The van der Waals surface area contributed by atoms with E-state index in [1.54, 1.807) is 0 Å². The van der Waals surface area contributed by atoms with E-state index in [4.69, 9.17) is 4.74 Å². The molecule has 0 heterocycles. The number of fused-ring (bicyclic) bond motifs is 1. The van der Waals surface area contributed by atoms with Crippen molar-refractivity contribution in [1.82, 2.24) is 5.32 Å². The van der Waals surface area contributed by atoms with Crippen LogP contribution in [0.4, 0.5) is 0 Å². The Morgan fingerprint density at radius 3 is 3.12 bits per heavy atom. The highest BCUT2D eigenvalue weighted by Crippen LogP contribution is 2.32. The second-order valence-corrected chi connectivity index (χ2v) is 4.41. The summed E-state index contributed by atoms with van der Waals surface area (Å²) in [6.45, 7) is 1.90. The lowest BCUT2D eigenvalue weighted by Gasteiger charge is -2.25. The van der Waals surface area contributed by atoms with Gasteiger partial charge in [-0.25, -0.2) is 0 Å². The molecule has 2 rings (SSSR count). The van der Waals surface area contributed by atoms with Crippen LogP contribution in [-0.2, 0) is 11.2 Å². The van der Waals surface area contributed by atoms with Crippen molar-refractivity contribution in [1.29, 1.82) is 0 Å².